The Bertz CT molecular complexity index is 448. The van der Waals surface area contributed by atoms with Gasteiger partial charge in [-0.05, 0) is 25.3 Å². The monoisotopic (exact) mass is 207 g/mol. The fourth-order valence-electron chi connectivity index (χ4n) is 2.07. The maximum atomic E-state index is 11.6. The van der Waals surface area contributed by atoms with E-state index in [9.17, 15) is 9.59 Å². The zero-order valence-corrected chi connectivity index (χ0v) is 8.40. The van der Waals surface area contributed by atoms with Crippen molar-refractivity contribution in [2.45, 2.75) is 32.2 Å². The summed E-state index contributed by atoms with van der Waals surface area (Å²) in [5.41, 5.74) is 0.876. The summed E-state index contributed by atoms with van der Waals surface area (Å²) in [6.07, 6.45) is 3.66. The SMILES string of the molecule is O=C(O)c1ccc(=O)n2c1CCCCC2. The molecule has 0 aliphatic carbocycles. The van der Waals surface area contributed by atoms with Gasteiger partial charge in [-0.3, -0.25) is 4.79 Å². The summed E-state index contributed by atoms with van der Waals surface area (Å²) < 4.78 is 1.61. The molecule has 0 radical (unpaired) electrons. The smallest absolute Gasteiger partial charge is 0.337 e. The van der Waals surface area contributed by atoms with Crippen LogP contribution in [0.3, 0.4) is 0 Å². The number of carboxylic acid groups (broad SMARTS) is 1. The van der Waals surface area contributed by atoms with Gasteiger partial charge in [0.1, 0.15) is 0 Å². The molecule has 4 heteroatoms. The molecule has 0 atom stereocenters. The Morgan fingerprint density at radius 1 is 1.27 bits per heavy atom. The molecule has 0 saturated heterocycles. The van der Waals surface area contributed by atoms with E-state index in [2.05, 4.69) is 0 Å². The zero-order chi connectivity index (χ0) is 10.8. The first-order valence-electron chi connectivity index (χ1n) is 5.16. The van der Waals surface area contributed by atoms with E-state index in [4.69, 9.17) is 5.11 Å². The molecule has 0 saturated carbocycles. The number of fused-ring (bicyclic) bond motifs is 1. The van der Waals surface area contributed by atoms with E-state index in [0.717, 1.165) is 19.3 Å². The number of hydrogen-bond acceptors (Lipinski definition) is 2. The molecule has 1 aliphatic heterocycles. The first-order chi connectivity index (χ1) is 7.20. The van der Waals surface area contributed by atoms with E-state index in [1.54, 1.807) is 4.57 Å². The summed E-state index contributed by atoms with van der Waals surface area (Å²) in [6, 6.07) is 2.76. The number of nitrogens with zero attached hydrogens (tertiary/aromatic N) is 1. The third kappa shape index (κ3) is 1.79. The van der Waals surface area contributed by atoms with Gasteiger partial charge in [0, 0.05) is 18.3 Å². The van der Waals surface area contributed by atoms with Crippen molar-refractivity contribution in [2.24, 2.45) is 0 Å². The van der Waals surface area contributed by atoms with E-state index in [0.29, 0.717) is 18.7 Å². The second-order valence-corrected chi connectivity index (χ2v) is 3.80. The molecular formula is C11H13NO3. The van der Waals surface area contributed by atoms with E-state index < -0.39 is 5.97 Å². The zero-order valence-electron chi connectivity index (χ0n) is 8.40. The molecule has 80 valence electrons. The molecule has 0 aromatic carbocycles. The predicted molar refractivity (Wildman–Crippen MR) is 55.2 cm³/mol. The van der Waals surface area contributed by atoms with Gasteiger partial charge >= 0.3 is 5.97 Å². The van der Waals surface area contributed by atoms with Crippen LogP contribution < -0.4 is 5.56 Å². The molecule has 0 bridgehead atoms. The summed E-state index contributed by atoms with van der Waals surface area (Å²) in [5, 5.41) is 9.01. The summed E-state index contributed by atoms with van der Waals surface area (Å²) in [6.45, 7) is 0.648. The van der Waals surface area contributed by atoms with Crippen LogP contribution in [0, 0.1) is 0 Å². The van der Waals surface area contributed by atoms with Crippen molar-refractivity contribution < 1.29 is 9.90 Å². The highest BCUT2D eigenvalue weighted by atomic mass is 16.4. The average molecular weight is 207 g/mol. The fraction of sp³-hybridized carbons (Fsp3) is 0.455. The summed E-state index contributed by atoms with van der Waals surface area (Å²) in [4.78, 5) is 22.5. The lowest BCUT2D eigenvalue weighted by atomic mass is 10.1. The number of aromatic carboxylic acids is 1. The maximum absolute atomic E-state index is 11.6. The van der Waals surface area contributed by atoms with E-state index in [1.165, 1.54) is 12.1 Å². The van der Waals surface area contributed by atoms with E-state index in [-0.39, 0.29) is 11.1 Å². The van der Waals surface area contributed by atoms with Crippen molar-refractivity contribution in [2.75, 3.05) is 0 Å². The average Bonchev–Trinajstić information content (AvgIpc) is 2.43. The van der Waals surface area contributed by atoms with Crippen molar-refractivity contribution in [3.63, 3.8) is 0 Å². The third-order valence-electron chi connectivity index (χ3n) is 2.82. The first-order valence-corrected chi connectivity index (χ1v) is 5.16. The molecule has 15 heavy (non-hydrogen) atoms. The van der Waals surface area contributed by atoms with Crippen molar-refractivity contribution >= 4 is 5.97 Å². The van der Waals surface area contributed by atoms with Crippen molar-refractivity contribution in [1.29, 1.82) is 0 Å². The second-order valence-electron chi connectivity index (χ2n) is 3.80. The highest BCUT2D eigenvalue weighted by Crippen LogP contribution is 2.16. The van der Waals surface area contributed by atoms with Crippen LogP contribution in [0.2, 0.25) is 0 Å². The van der Waals surface area contributed by atoms with Gasteiger partial charge in [0.15, 0.2) is 0 Å². The largest absolute Gasteiger partial charge is 0.478 e. The van der Waals surface area contributed by atoms with Gasteiger partial charge in [-0.2, -0.15) is 0 Å². The van der Waals surface area contributed by atoms with E-state index >= 15 is 0 Å². The number of pyridine rings is 1. The summed E-state index contributed by atoms with van der Waals surface area (Å²) in [5.74, 6) is -0.944. The highest BCUT2D eigenvalue weighted by Gasteiger charge is 2.16. The number of carboxylic acids is 1. The van der Waals surface area contributed by atoms with Gasteiger partial charge < -0.3 is 9.67 Å². The quantitative estimate of drug-likeness (QED) is 0.754. The molecule has 2 heterocycles. The highest BCUT2D eigenvalue weighted by molar-refractivity contribution is 5.88. The number of hydrogen-bond donors (Lipinski definition) is 1. The Hall–Kier alpha value is -1.58. The van der Waals surface area contributed by atoms with Gasteiger partial charge in [0.25, 0.3) is 5.56 Å². The lowest BCUT2D eigenvalue weighted by molar-refractivity contribution is 0.0694. The molecule has 0 unspecified atom stereocenters. The first kappa shape index (κ1) is 9.96. The molecule has 0 amide bonds. The van der Waals surface area contributed by atoms with Crippen LogP contribution in [0.15, 0.2) is 16.9 Å². The van der Waals surface area contributed by atoms with Gasteiger partial charge in [0.2, 0.25) is 0 Å². The van der Waals surface area contributed by atoms with Crippen LogP contribution in [0.1, 0.15) is 35.3 Å². The molecule has 4 nitrogen and oxygen atoms in total. The van der Waals surface area contributed by atoms with E-state index in [1.807, 2.05) is 0 Å². The molecule has 0 spiro atoms. The lowest BCUT2D eigenvalue weighted by Gasteiger charge is -2.11. The predicted octanol–water partition coefficient (Wildman–Crippen LogP) is 1.27. The topological polar surface area (TPSA) is 59.3 Å². The van der Waals surface area contributed by atoms with Gasteiger partial charge in [0.05, 0.1) is 5.56 Å². The molecule has 1 aliphatic rings. The van der Waals surface area contributed by atoms with Crippen LogP contribution in [0.4, 0.5) is 0 Å². The van der Waals surface area contributed by atoms with Gasteiger partial charge in [-0.15, -0.1) is 0 Å². The Labute approximate surface area is 87.2 Å². The Morgan fingerprint density at radius 2 is 2.07 bits per heavy atom. The fourth-order valence-corrected chi connectivity index (χ4v) is 2.07. The van der Waals surface area contributed by atoms with Crippen LogP contribution in [-0.4, -0.2) is 15.6 Å². The molecule has 1 N–H and O–H groups in total. The number of aromatic nitrogens is 1. The molecule has 1 aromatic heterocycles. The minimum Gasteiger partial charge on any atom is -0.478 e. The second kappa shape index (κ2) is 3.88. The normalized spacial score (nSPS) is 15.5. The van der Waals surface area contributed by atoms with Crippen molar-refractivity contribution in [3.05, 3.63) is 33.7 Å². The van der Waals surface area contributed by atoms with Gasteiger partial charge in [-0.25, -0.2) is 4.79 Å². The van der Waals surface area contributed by atoms with Crippen LogP contribution in [0.25, 0.3) is 0 Å². The number of carbonyl (C=O) groups is 1. The minimum absolute atomic E-state index is 0.0862. The van der Waals surface area contributed by atoms with Crippen LogP contribution >= 0.6 is 0 Å². The summed E-state index contributed by atoms with van der Waals surface area (Å²) >= 11 is 0. The Morgan fingerprint density at radius 3 is 2.80 bits per heavy atom. The Kier molecular flexibility index (Phi) is 2.58. The van der Waals surface area contributed by atoms with Gasteiger partial charge in [-0.1, -0.05) is 6.42 Å². The van der Waals surface area contributed by atoms with Crippen LogP contribution in [0.5, 0.6) is 0 Å². The molecule has 2 rings (SSSR count). The third-order valence-corrected chi connectivity index (χ3v) is 2.82. The maximum Gasteiger partial charge on any atom is 0.337 e. The van der Waals surface area contributed by atoms with Crippen molar-refractivity contribution in [3.8, 4) is 0 Å². The summed E-state index contributed by atoms with van der Waals surface area (Å²) in [7, 11) is 0. The Balaban J connectivity index is 2.61. The molecule has 0 fully saturated rings. The number of rotatable bonds is 1. The van der Waals surface area contributed by atoms with Crippen LogP contribution in [-0.2, 0) is 13.0 Å². The van der Waals surface area contributed by atoms with Crippen molar-refractivity contribution in [1.82, 2.24) is 4.57 Å². The standard InChI is InChI=1S/C11H13NO3/c13-10-6-5-8(11(14)15)9-4-2-1-3-7-12(9)10/h5-6H,1-4,7H2,(H,14,15). The molecular weight excluding hydrogens is 194 g/mol. The minimum atomic E-state index is -0.944. The molecule has 1 aromatic rings. The lowest BCUT2D eigenvalue weighted by Crippen LogP contribution is -2.24.